The van der Waals surface area contributed by atoms with Crippen molar-refractivity contribution in [3.05, 3.63) is 35.8 Å². The van der Waals surface area contributed by atoms with Crippen LogP contribution in [-0.4, -0.2) is 37.0 Å². The van der Waals surface area contributed by atoms with Gasteiger partial charge in [-0.15, -0.1) is 0 Å². The summed E-state index contributed by atoms with van der Waals surface area (Å²) in [6, 6.07) is 3.80. The van der Waals surface area contributed by atoms with Gasteiger partial charge in [-0.2, -0.15) is 0 Å². The molecule has 2 saturated heterocycles. The van der Waals surface area contributed by atoms with Crippen LogP contribution in [0.3, 0.4) is 0 Å². The average Bonchev–Trinajstić information content (AvgIpc) is 3.47. The maximum atomic E-state index is 12.2. The van der Waals surface area contributed by atoms with Crippen LogP contribution in [-0.2, 0) is 23.7 Å². The van der Waals surface area contributed by atoms with Gasteiger partial charge in [0.15, 0.2) is 5.76 Å². The van der Waals surface area contributed by atoms with Gasteiger partial charge < -0.3 is 23.4 Å². The largest absolute Gasteiger partial charge is 0.464 e. The molecule has 0 radical (unpaired) electrons. The number of hydrogen-bond donors (Lipinski definition) is 0. The van der Waals surface area contributed by atoms with Crippen molar-refractivity contribution >= 4 is 5.97 Å². The summed E-state index contributed by atoms with van der Waals surface area (Å²) >= 11 is 0. The van der Waals surface area contributed by atoms with Crippen LogP contribution in [0.4, 0.5) is 0 Å². The minimum absolute atomic E-state index is 0.0406. The fraction of sp³-hybridized carbons (Fsp3) is 0.720. The highest BCUT2D eigenvalue weighted by Gasteiger charge is 2.66. The summed E-state index contributed by atoms with van der Waals surface area (Å²) in [5.41, 5.74) is 0.610. The molecule has 4 fully saturated rings. The SMILES string of the molecule is CC12CCC3C4(C)COC(c5ccco5)OC4CCC3(C)C1CC(C1=CCOC1=O)O2. The maximum Gasteiger partial charge on any atom is 0.336 e. The molecule has 31 heavy (non-hydrogen) atoms. The Morgan fingerprint density at radius 1 is 1.06 bits per heavy atom. The minimum atomic E-state index is -0.411. The van der Waals surface area contributed by atoms with E-state index >= 15 is 0 Å². The Morgan fingerprint density at radius 3 is 2.68 bits per heavy atom. The standard InChI is InChI=1S/C25H32O6/c1-23-9-7-20-24(2,14-29-22(30-20)16-5-4-11-27-16)18(23)6-10-25(3)19(23)13-17(31-25)15-8-12-28-21(15)26/h4-5,8,11,17-20,22H,6-7,9-10,12-14H2,1-3H3. The second kappa shape index (κ2) is 6.69. The smallest absolute Gasteiger partial charge is 0.336 e. The molecule has 3 aliphatic heterocycles. The first kappa shape index (κ1) is 20.0. The lowest BCUT2D eigenvalue weighted by molar-refractivity contribution is -0.318. The zero-order valence-corrected chi connectivity index (χ0v) is 18.6. The molecule has 2 aliphatic carbocycles. The highest BCUT2D eigenvalue weighted by Crippen LogP contribution is 2.67. The van der Waals surface area contributed by atoms with Crippen LogP contribution in [0.15, 0.2) is 34.5 Å². The van der Waals surface area contributed by atoms with Gasteiger partial charge >= 0.3 is 5.97 Å². The topological polar surface area (TPSA) is 67.1 Å². The Labute approximate surface area is 183 Å². The van der Waals surface area contributed by atoms with Crippen molar-refractivity contribution in [3.63, 3.8) is 0 Å². The number of furan rings is 1. The quantitative estimate of drug-likeness (QED) is 0.644. The third-order valence-electron chi connectivity index (χ3n) is 9.31. The van der Waals surface area contributed by atoms with Gasteiger partial charge in [0, 0.05) is 5.41 Å². The molecule has 4 heterocycles. The van der Waals surface area contributed by atoms with E-state index in [2.05, 4.69) is 20.8 Å². The Hall–Kier alpha value is -1.63. The van der Waals surface area contributed by atoms with Crippen molar-refractivity contribution in [2.75, 3.05) is 13.2 Å². The van der Waals surface area contributed by atoms with Crippen molar-refractivity contribution in [1.82, 2.24) is 0 Å². The monoisotopic (exact) mass is 428 g/mol. The van der Waals surface area contributed by atoms with Gasteiger partial charge in [0.1, 0.15) is 6.61 Å². The molecular weight excluding hydrogens is 396 g/mol. The lowest BCUT2D eigenvalue weighted by Crippen LogP contribution is -2.63. The highest BCUT2D eigenvalue weighted by molar-refractivity contribution is 5.91. The molecule has 0 aromatic carbocycles. The summed E-state index contributed by atoms with van der Waals surface area (Å²) in [7, 11) is 0. The van der Waals surface area contributed by atoms with Gasteiger partial charge in [0.25, 0.3) is 0 Å². The molecule has 1 aromatic rings. The van der Waals surface area contributed by atoms with Crippen LogP contribution in [0.1, 0.15) is 64.9 Å². The third-order valence-corrected chi connectivity index (χ3v) is 9.31. The van der Waals surface area contributed by atoms with Crippen LogP contribution in [0, 0.1) is 22.7 Å². The second-order valence-corrected chi connectivity index (χ2v) is 10.9. The van der Waals surface area contributed by atoms with E-state index in [9.17, 15) is 4.79 Å². The number of carbonyl (C=O) groups excluding carboxylic acids is 1. The zero-order valence-electron chi connectivity index (χ0n) is 18.6. The van der Waals surface area contributed by atoms with E-state index in [0.717, 1.165) is 43.4 Å². The molecule has 6 heteroatoms. The summed E-state index contributed by atoms with van der Waals surface area (Å²) < 4.78 is 30.0. The maximum absolute atomic E-state index is 12.2. The predicted molar refractivity (Wildman–Crippen MR) is 111 cm³/mol. The first-order valence-corrected chi connectivity index (χ1v) is 11.7. The van der Waals surface area contributed by atoms with Gasteiger partial charge in [0.2, 0.25) is 6.29 Å². The number of carbonyl (C=O) groups is 1. The second-order valence-electron chi connectivity index (χ2n) is 10.9. The van der Waals surface area contributed by atoms with E-state index in [1.807, 2.05) is 18.2 Å². The van der Waals surface area contributed by atoms with Crippen LogP contribution in [0.2, 0.25) is 0 Å². The summed E-state index contributed by atoms with van der Waals surface area (Å²) in [6.45, 7) is 8.11. The molecule has 0 spiro atoms. The zero-order chi connectivity index (χ0) is 21.4. The van der Waals surface area contributed by atoms with Crippen LogP contribution in [0.25, 0.3) is 0 Å². The minimum Gasteiger partial charge on any atom is -0.464 e. The molecule has 5 aliphatic rings. The number of rotatable bonds is 2. The van der Waals surface area contributed by atoms with Crippen LogP contribution >= 0.6 is 0 Å². The summed E-state index contributed by atoms with van der Waals surface area (Å²) in [5.74, 6) is 1.43. The third kappa shape index (κ3) is 2.77. The van der Waals surface area contributed by atoms with Crippen molar-refractivity contribution in [1.29, 1.82) is 0 Å². The fourth-order valence-corrected chi connectivity index (χ4v) is 7.81. The van der Waals surface area contributed by atoms with Crippen molar-refractivity contribution < 1.29 is 28.2 Å². The van der Waals surface area contributed by atoms with Crippen molar-refractivity contribution in [3.8, 4) is 0 Å². The van der Waals surface area contributed by atoms with E-state index in [4.69, 9.17) is 23.4 Å². The number of ether oxygens (including phenoxy) is 4. The molecule has 6 rings (SSSR count). The first-order valence-electron chi connectivity index (χ1n) is 11.7. The van der Waals surface area contributed by atoms with E-state index in [1.54, 1.807) is 6.26 Å². The number of cyclic esters (lactones) is 1. The molecule has 0 amide bonds. The van der Waals surface area contributed by atoms with Gasteiger partial charge in [-0.25, -0.2) is 4.79 Å². The molecule has 168 valence electrons. The predicted octanol–water partition coefficient (Wildman–Crippen LogP) is 4.56. The van der Waals surface area contributed by atoms with Gasteiger partial charge in [-0.1, -0.05) is 13.8 Å². The average molecular weight is 429 g/mol. The molecule has 0 N–H and O–H groups in total. The van der Waals surface area contributed by atoms with Crippen molar-refractivity contribution in [2.24, 2.45) is 22.7 Å². The van der Waals surface area contributed by atoms with E-state index in [-0.39, 0.29) is 34.6 Å². The normalized spacial score (nSPS) is 49.1. The molecule has 1 aromatic heterocycles. The number of fused-ring (bicyclic) bond motifs is 5. The summed E-state index contributed by atoms with van der Waals surface area (Å²) in [5, 5.41) is 0. The van der Waals surface area contributed by atoms with Crippen LogP contribution in [0.5, 0.6) is 0 Å². The lowest BCUT2D eigenvalue weighted by Gasteiger charge is -2.64. The van der Waals surface area contributed by atoms with E-state index in [0.29, 0.717) is 25.0 Å². The molecule has 8 atom stereocenters. The van der Waals surface area contributed by atoms with Crippen molar-refractivity contribution in [2.45, 2.75) is 77.0 Å². The molecule has 8 unspecified atom stereocenters. The Kier molecular flexibility index (Phi) is 4.32. The summed E-state index contributed by atoms with van der Waals surface area (Å²) in [4.78, 5) is 12.2. The van der Waals surface area contributed by atoms with Gasteiger partial charge in [-0.05, 0) is 74.5 Å². The lowest BCUT2D eigenvalue weighted by atomic mass is 9.44. The summed E-state index contributed by atoms with van der Waals surface area (Å²) in [6.07, 6.45) is 8.26. The molecular formula is C25H32O6. The molecule has 6 nitrogen and oxygen atoms in total. The Morgan fingerprint density at radius 2 is 1.94 bits per heavy atom. The first-order chi connectivity index (χ1) is 14.8. The van der Waals surface area contributed by atoms with Crippen LogP contribution < -0.4 is 0 Å². The van der Waals surface area contributed by atoms with Gasteiger partial charge in [0.05, 0.1) is 36.3 Å². The number of esters is 1. The number of hydrogen-bond acceptors (Lipinski definition) is 6. The van der Waals surface area contributed by atoms with Gasteiger partial charge in [-0.3, -0.25) is 0 Å². The highest BCUT2D eigenvalue weighted by atomic mass is 16.7. The fourth-order valence-electron chi connectivity index (χ4n) is 7.81. The molecule has 2 saturated carbocycles. The van der Waals surface area contributed by atoms with E-state index < -0.39 is 6.29 Å². The molecule has 0 bridgehead atoms. The Bertz CT molecular complexity index is 907. The van der Waals surface area contributed by atoms with E-state index in [1.165, 1.54) is 0 Å². The Balaban J connectivity index is 1.27.